The molecule has 0 atom stereocenters. The highest BCUT2D eigenvalue weighted by molar-refractivity contribution is 7.16. The number of carbonyl (C=O) groups is 2. The minimum Gasteiger partial charge on any atom is -0.468 e. The van der Waals surface area contributed by atoms with Gasteiger partial charge in [0.05, 0.1) is 27.2 Å². The fourth-order valence-electron chi connectivity index (χ4n) is 2.42. The second-order valence-corrected chi connectivity index (χ2v) is 7.78. The number of nitrogens with zero attached hydrogens (tertiary/aromatic N) is 4. The molecule has 0 aliphatic heterocycles. The number of amides is 1. The van der Waals surface area contributed by atoms with Gasteiger partial charge in [-0.2, -0.15) is 4.99 Å². The molecule has 30 heavy (non-hydrogen) atoms. The van der Waals surface area contributed by atoms with Gasteiger partial charge in [0.2, 0.25) is 0 Å². The SMILES string of the molecule is COC(=O)Cn1c(=NC(=O)/C=C\c2ccc([N+](=O)[O-])s2)sc2cc([N+](=O)[O-])ccc21. The Morgan fingerprint density at radius 1 is 1.17 bits per heavy atom. The molecule has 0 aliphatic rings. The van der Waals surface area contributed by atoms with Crippen LogP contribution in [0.4, 0.5) is 10.7 Å². The molecule has 2 aromatic heterocycles. The molecule has 1 aromatic carbocycles. The molecule has 1 amide bonds. The van der Waals surface area contributed by atoms with Crippen LogP contribution in [0.15, 0.2) is 41.4 Å². The Morgan fingerprint density at radius 3 is 2.57 bits per heavy atom. The highest BCUT2D eigenvalue weighted by atomic mass is 32.1. The topological polar surface area (TPSA) is 147 Å². The van der Waals surface area contributed by atoms with Crippen LogP contribution in [0.1, 0.15) is 4.88 Å². The number of thiazole rings is 1. The van der Waals surface area contributed by atoms with Crippen molar-refractivity contribution in [3.63, 3.8) is 0 Å². The van der Waals surface area contributed by atoms with Crippen LogP contribution in [0.3, 0.4) is 0 Å². The number of rotatable bonds is 6. The molecule has 0 spiro atoms. The Morgan fingerprint density at radius 2 is 1.93 bits per heavy atom. The van der Waals surface area contributed by atoms with Crippen molar-refractivity contribution in [1.82, 2.24) is 4.57 Å². The van der Waals surface area contributed by atoms with E-state index >= 15 is 0 Å². The second kappa shape index (κ2) is 8.75. The van der Waals surface area contributed by atoms with Crippen molar-refractivity contribution >= 4 is 61.5 Å². The smallest absolute Gasteiger partial charge is 0.325 e. The minimum atomic E-state index is -0.661. The quantitative estimate of drug-likeness (QED) is 0.244. The summed E-state index contributed by atoms with van der Waals surface area (Å²) in [6.07, 6.45) is 2.54. The van der Waals surface area contributed by atoms with Crippen molar-refractivity contribution in [2.75, 3.05) is 7.11 Å². The van der Waals surface area contributed by atoms with Gasteiger partial charge >= 0.3 is 11.0 Å². The van der Waals surface area contributed by atoms with E-state index in [1.807, 2.05) is 0 Å². The Kier molecular flexibility index (Phi) is 6.13. The molecule has 0 bridgehead atoms. The zero-order valence-electron chi connectivity index (χ0n) is 15.2. The van der Waals surface area contributed by atoms with E-state index in [4.69, 9.17) is 0 Å². The lowest BCUT2D eigenvalue weighted by Gasteiger charge is -2.03. The molecule has 2 heterocycles. The third-order valence-corrected chi connectivity index (χ3v) is 5.82. The number of esters is 1. The van der Waals surface area contributed by atoms with Crippen molar-refractivity contribution in [2.24, 2.45) is 4.99 Å². The van der Waals surface area contributed by atoms with Crippen LogP contribution >= 0.6 is 22.7 Å². The van der Waals surface area contributed by atoms with Gasteiger partial charge in [0.1, 0.15) is 6.54 Å². The van der Waals surface area contributed by atoms with E-state index in [9.17, 15) is 29.8 Å². The number of aromatic nitrogens is 1. The number of hydrogen-bond acceptors (Lipinski definition) is 9. The standard InChI is InChI=1S/C17H12N4O7S2/c1-28-16(23)9-19-12-5-2-10(20(24)25)8-13(12)30-17(19)18-14(22)6-3-11-4-7-15(29-11)21(26)27/h2-8H,9H2,1H3/b6-3-,18-17?. The van der Waals surface area contributed by atoms with Crippen molar-refractivity contribution in [2.45, 2.75) is 6.54 Å². The average Bonchev–Trinajstić information content (AvgIpc) is 3.31. The molecule has 0 unspecified atom stereocenters. The summed E-state index contributed by atoms with van der Waals surface area (Å²) in [6.45, 7) is -0.235. The highest BCUT2D eigenvalue weighted by Gasteiger charge is 2.15. The van der Waals surface area contributed by atoms with Crippen molar-refractivity contribution in [1.29, 1.82) is 0 Å². The first-order valence-corrected chi connectivity index (χ1v) is 9.77. The maximum absolute atomic E-state index is 12.3. The van der Waals surface area contributed by atoms with Gasteiger partial charge in [0.15, 0.2) is 4.80 Å². The van der Waals surface area contributed by atoms with Crippen molar-refractivity contribution in [3.05, 3.63) is 66.3 Å². The van der Waals surface area contributed by atoms with Crippen molar-refractivity contribution < 1.29 is 24.2 Å². The lowest BCUT2D eigenvalue weighted by Crippen LogP contribution is -2.22. The minimum absolute atomic E-state index is 0.0546. The molecule has 0 aliphatic carbocycles. The van der Waals surface area contributed by atoms with Gasteiger partial charge in [0.25, 0.3) is 11.6 Å². The Labute approximate surface area is 175 Å². The molecule has 0 N–H and O–H groups in total. The lowest BCUT2D eigenvalue weighted by atomic mass is 10.3. The fraction of sp³-hybridized carbons (Fsp3) is 0.118. The molecule has 0 fully saturated rings. The lowest BCUT2D eigenvalue weighted by molar-refractivity contribution is -0.384. The molecule has 13 heteroatoms. The number of methoxy groups -OCH3 is 1. The third-order valence-electron chi connectivity index (χ3n) is 3.78. The van der Waals surface area contributed by atoms with Crippen LogP contribution in [-0.4, -0.2) is 33.4 Å². The molecule has 3 rings (SSSR count). The number of carbonyl (C=O) groups excluding carboxylic acids is 2. The van der Waals surface area contributed by atoms with Gasteiger partial charge in [-0.15, -0.1) is 0 Å². The summed E-state index contributed by atoms with van der Waals surface area (Å²) in [7, 11) is 1.22. The van der Waals surface area contributed by atoms with Crippen LogP contribution in [0.2, 0.25) is 0 Å². The highest BCUT2D eigenvalue weighted by Crippen LogP contribution is 2.25. The van der Waals surface area contributed by atoms with Crippen LogP contribution in [0, 0.1) is 20.2 Å². The maximum atomic E-state index is 12.3. The Bertz CT molecular complexity index is 1270. The first-order chi connectivity index (χ1) is 14.3. The largest absolute Gasteiger partial charge is 0.468 e. The predicted octanol–water partition coefficient (Wildman–Crippen LogP) is 2.89. The number of hydrogen-bond donors (Lipinski definition) is 0. The number of non-ortho nitro benzene ring substituents is 1. The number of ether oxygens (including phenoxy) is 1. The molecule has 0 saturated heterocycles. The van der Waals surface area contributed by atoms with E-state index in [-0.39, 0.29) is 22.0 Å². The van der Waals surface area contributed by atoms with Gasteiger partial charge in [-0.3, -0.25) is 29.8 Å². The summed E-state index contributed by atoms with van der Waals surface area (Å²) in [5, 5.41) is 21.7. The zero-order valence-corrected chi connectivity index (χ0v) is 16.8. The summed E-state index contributed by atoms with van der Waals surface area (Å²) in [4.78, 5) is 49.3. The first kappa shape index (κ1) is 21.0. The number of benzene rings is 1. The van der Waals surface area contributed by atoms with E-state index < -0.39 is 21.7 Å². The van der Waals surface area contributed by atoms with Crippen LogP contribution in [0.5, 0.6) is 0 Å². The van der Waals surface area contributed by atoms with Crippen molar-refractivity contribution in [3.8, 4) is 0 Å². The monoisotopic (exact) mass is 448 g/mol. The van der Waals surface area contributed by atoms with Gasteiger partial charge in [0, 0.05) is 29.2 Å². The predicted molar refractivity (Wildman–Crippen MR) is 109 cm³/mol. The summed E-state index contributed by atoms with van der Waals surface area (Å²) in [6, 6.07) is 6.92. The summed E-state index contributed by atoms with van der Waals surface area (Å²) in [5.74, 6) is -1.24. The average molecular weight is 448 g/mol. The first-order valence-electron chi connectivity index (χ1n) is 8.14. The van der Waals surface area contributed by atoms with E-state index in [0.29, 0.717) is 15.1 Å². The summed E-state index contributed by atoms with van der Waals surface area (Å²) < 4.78 is 6.56. The fourth-order valence-corrected chi connectivity index (χ4v) is 4.21. The molecule has 0 radical (unpaired) electrons. The number of nitro benzene ring substituents is 1. The molecule has 154 valence electrons. The van der Waals surface area contributed by atoms with Gasteiger partial charge < -0.3 is 9.30 Å². The van der Waals surface area contributed by atoms with E-state index in [2.05, 4.69) is 9.73 Å². The molecular weight excluding hydrogens is 436 g/mol. The Balaban J connectivity index is 1.99. The van der Waals surface area contributed by atoms with Gasteiger partial charge in [-0.1, -0.05) is 22.7 Å². The van der Waals surface area contributed by atoms with Gasteiger partial charge in [-0.05, 0) is 18.2 Å². The number of nitro groups is 2. The number of fused-ring (bicyclic) bond motifs is 1. The molecule has 0 saturated carbocycles. The Hall–Kier alpha value is -3.71. The summed E-state index contributed by atoms with van der Waals surface area (Å²) >= 11 is 1.91. The third kappa shape index (κ3) is 4.64. The van der Waals surface area contributed by atoms with E-state index in [1.54, 1.807) is 0 Å². The van der Waals surface area contributed by atoms with E-state index in [0.717, 1.165) is 28.7 Å². The molecular formula is C17H12N4O7S2. The van der Waals surface area contributed by atoms with Crippen LogP contribution in [0.25, 0.3) is 16.3 Å². The van der Waals surface area contributed by atoms with Gasteiger partial charge in [-0.25, -0.2) is 0 Å². The van der Waals surface area contributed by atoms with Crippen LogP contribution < -0.4 is 4.80 Å². The molecule has 11 nitrogen and oxygen atoms in total. The maximum Gasteiger partial charge on any atom is 0.325 e. The second-order valence-electron chi connectivity index (χ2n) is 5.67. The summed E-state index contributed by atoms with van der Waals surface area (Å²) in [5.41, 5.74) is 0.353. The normalized spacial score (nSPS) is 11.8. The van der Waals surface area contributed by atoms with E-state index in [1.165, 1.54) is 48.1 Å². The van der Waals surface area contributed by atoms with Crippen LogP contribution in [-0.2, 0) is 20.9 Å². The number of thiophene rings is 1. The molecule has 3 aromatic rings. The zero-order chi connectivity index (χ0) is 21.8.